The lowest BCUT2D eigenvalue weighted by atomic mass is 9.96. The Bertz CT molecular complexity index is 1440. The van der Waals surface area contributed by atoms with Crippen molar-refractivity contribution in [3.05, 3.63) is 70.9 Å². The van der Waals surface area contributed by atoms with Crippen molar-refractivity contribution in [2.24, 2.45) is 0 Å². The van der Waals surface area contributed by atoms with E-state index in [4.69, 9.17) is 10.5 Å². The summed E-state index contributed by atoms with van der Waals surface area (Å²) in [6.45, 7) is 8.57. The molecule has 42 heavy (non-hydrogen) atoms. The highest BCUT2D eigenvalue weighted by molar-refractivity contribution is 5.89. The summed E-state index contributed by atoms with van der Waals surface area (Å²) in [6, 6.07) is 6.32. The lowest BCUT2D eigenvalue weighted by molar-refractivity contribution is -0.138. The Kier molecular flexibility index (Phi) is 8.50. The number of ether oxygens (including phenoxy) is 1. The number of nitrogens with two attached hydrogens (primary N) is 1. The highest BCUT2D eigenvalue weighted by atomic mass is 19.4. The van der Waals surface area contributed by atoms with E-state index in [1.807, 2.05) is 11.8 Å². The molecule has 1 saturated heterocycles. The molecule has 4 heterocycles. The normalized spacial score (nSPS) is 18.0. The fourth-order valence-corrected chi connectivity index (χ4v) is 5.37. The zero-order valence-corrected chi connectivity index (χ0v) is 23.4. The van der Waals surface area contributed by atoms with E-state index in [2.05, 4.69) is 27.1 Å². The first-order valence-electron chi connectivity index (χ1n) is 13.8. The predicted molar refractivity (Wildman–Crippen MR) is 150 cm³/mol. The number of halogens is 4. The number of fused-ring (bicyclic) bond motifs is 1. The number of piperazine rings is 1. The molecule has 0 aliphatic carbocycles. The molecule has 2 amide bonds. The molecule has 1 aromatic carbocycles. The Labute approximate surface area is 241 Å². The Hall–Kier alpha value is -3.97. The highest BCUT2D eigenvalue weighted by Gasteiger charge is 2.35. The van der Waals surface area contributed by atoms with Crippen LogP contribution >= 0.6 is 0 Å². The summed E-state index contributed by atoms with van der Waals surface area (Å²) in [6.07, 6.45) is -2.15. The number of benzene rings is 1. The number of carbonyl (C=O) groups excluding carboxylic acids is 1. The van der Waals surface area contributed by atoms with Crippen LogP contribution in [-0.4, -0.2) is 70.0 Å². The Morgan fingerprint density at radius 3 is 2.55 bits per heavy atom. The summed E-state index contributed by atoms with van der Waals surface area (Å²) in [5, 5.41) is 2.63. The maximum atomic E-state index is 14.1. The smallest absolute Gasteiger partial charge is 0.416 e. The molecule has 13 heteroatoms. The Balaban J connectivity index is 1.29. The minimum atomic E-state index is -4.57. The lowest BCUT2D eigenvalue weighted by Crippen LogP contribution is -2.45. The Morgan fingerprint density at radius 1 is 1.10 bits per heavy atom. The molecule has 2 aliphatic rings. The molecular weight excluding hydrogens is 554 g/mol. The van der Waals surface area contributed by atoms with Gasteiger partial charge in [0.15, 0.2) is 11.6 Å². The highest BCUT2D eigenvalue weighted by Crippen LogP contribution is 2.36. The zero-order valence-electron chi connectivity index (χ0n) is 23.4. The molecule has 0 radical (unpaired) electrons. The number of aromatic nitrogens is 2. The molecule has 0 bridgehead atoms. The summed E-state index contributed by atoms with van der Waals surface area (Å²) in [5.41, 5.74) is 6.54. The number of urea groups is 1. The molecule has 224 valence electrons. The number of hydrogen-bond acceptors (Lipinski definition) is 7. The van der Waals surface area contributed by atoms with Gasteiger partial charge in [0.05, 0.1) is 23.7 Å². The number of carbonyl (C=O) groups is 1. The van der Waals surface area contributed by atoms with Crippen molar-refractivity contribution in [2.45, 2.75) is 39.0 Å². The van der Waals surface area contributed by atoms with Crippen molar-refractivity contribution in [2.75, 3.05) is 50.3 Å². The average Bonchev–Trinajstić information content (AvgIpc) is 2.95. The summed E-state index contributed by atoms with van der Waals surface area (Å²) < 4.78 is 61.9. The molecule has 3 N–H and O–H groups in total. The van der Waals surface area contributed by atoms with Crippen molar-refractivity contribution in [3.8, 4) is 11.5 Å². The van der Waals surface area contributed by atoms with Crippen LogP contribution in [0.5, 0.6) is 11.5 Å². The summed E-state index contributed by atoms with van der Waals surface area (Å²) in [7, 11) is 0. The first-order valence-corrected chi connectivity index (χ1v) is 13.8. The molecule has 1 atom stereocenters. The quantitative estimate of drug-likeness (QED) is 0.378. The molecular formula is C29H33F4N7O2. The summed E-state index contributed by atoms with van der Waals surface area (Å²) in [5.74, 6) is -0.628. The van der Waals surface area contributed by atoms with E-state index < -0.39 is 23.6 Å². The fraction of sp³-hybridized carbons (Fsp3) is 0.414. The fourth-order valence-electron chi connectivity index (χ4n) is 5.37. The molecule has 2 aliphatic heterocycles. The van der Waals surface area contributed by atoms with E-state index in [0.717, 1.165) is 37.6 Å². The van der Waals surface area contributed by atoms with Gasteiger partial charge in [0.25, 0.3) is 0 Å². The molecule has 0 saturated carbocycles. The van der Waals surface area contributed by atoms with Crippen LogP contribution in [0.4, 0.5) is 33.9 Å². The van der Waals surface area contributed by atoms with Gasteiger partial charge in [-0.25, -0.2) is 14.2 Å². The van der Waals surface area contributed by atoms with Crippen LogP contribution in [0.3, 0.4) is 0 Å². The van der Waals surface area contributed by atoms with Crippen molar-refractivity contribution in [1.82, 2.24) is 24.7 Å². The van der Waals surface area contributed by atoms with Gasteiger partial charge in [-0.15, -0.1) is 0 Å². The molecule has 9 nitrogen and oxygen atoms in total. The second kappa shape index (κ2) is 12.1. The number of amides is 2. The van der Waals surface area contributed by atoms with Crippen molar-refractivity contribution in [3.63, 3.8) is 0 Å². The van der Waals surface area contributed by atoms with Crippen LogP contribution in [-0.2, 0) is 19.3 Å². The zero-order chi connectivity index (χ0) is 30.0. The number of alkyl halides is 3. The summed E-state index contributed by atoms with van der Waals surface area (Å²) in [4.78, 5) is 27.1. The molecule has 3 aromatic rings. The van der Waals surface area contributed by atoms with Gasteiger partial charge in [-0.05, 0) is 35.9 Å². The molecule has 1 unspecified atom stereocenters. The van der Waals surface area contributed by atoms with Crippen molar-refractivity contribution in [1.29, 1.82) is 0 Å². The number of nitrogen functional groups attached to an aromatic ring is 1. The monoisotopic (exact) mass is 587 g/mol. The van der Waals surface area contributed by atoms with Crippen LogP contribution in [0.25, 0.3) is 0 Å². The number of hydrogen-bond donors (Lipinski definition) is 2. The van der Waals surface area contributed by atoms with E-state index in [-0.39, 0.29) is 47.6 Å². The number of likely N-dealkylation sites (N-methyl/N-ethyl adjacent to an activating group) is 1. The van der Waals surface area contributed by atoms with Crippen molar-refractivity contribution < 1.29 is 27.1 Å². The SMILES string of the molecule is CCN1CCN(Cc2ccc(NC(=O)N3Cc4cc(Oc5cc(N)ncc5F)cnc4C(C)C3)cc2C(F)(F)F)CC1. The number of pyridine rings is 2. The second-order valence-corrected chi connectivity index (χ2v) is 10.6. The van der Waals surface area contributed by atoms with Crippen LogP contribution in [0, 0.1) is 5.82 Å². The van der Waals surface area contributed by atoms with Gasteiger partial charge in [-0.2, -0.15) is 13.2 Å². The van der Waals surface area contributed by atoms with Crippen LogP contribution in [0.2, 0.25) is 0 Å². The van der Waals surface area contributed by atoms with Crippen LogP contribution < -0.4 is 15.8 Å². The topological polar surface area (TPSA) is 99.8 Å². The maximum absolute atomic E-state index is 14.1. The number of nitrogens with zero attached hydrogens (tertiary/aromatic N) is 5. The van der Waals surface area contributed by atoms with Gasteiger partial charge in [-0.3, -0.25) is 9.88 Å². The van der Waals surface area contributed by atoms with Gasteiger partial charge in [0.1, 0.15) is 11.6 Å². The molecule has 2 aromatic heterocycles. The van der Waals surface area contributed by atoms with Gasteiger partial charge < -0.3 is 25.6 Å². The van der Waals surface area contributed by atoms with E-state index in [0.29, 0.717) is 25.2 Å². The first-order chi connectivity index (χ1) is 20.0. The largest absolute Gasteiger partial charge is 0.452 e. The standard InChI is InChI=1S/C29H33F4N7O2/c1-3-38-6-8-39(9-7-38)16-19-4-5-21(11-23(19)29(31,32)33)37-28(41)40-15-18(2)27-20(17-40)10-22(13-36-27)42-25-12-26(34)35-14-24(25)30/h4-5,10-14,18H,3,6-9,15-17H2,1-2H3,(H2,34,35)(H,37,41). The maximum Gasteiger partial charge on any atom is 0.416 e. The van der Waals surface area contributed by atoms with Gasteiger partial charge in [-0.1, -0.05) is 19.9 Å². The van der Waals surface area contributed by atoms with Crippen molar-refractivity contribution >= 4 is 17.5 Å². The predicted octanol–water partition coefficient (Wildman–Crippen LogP) is 5.30. The number of nitrogens with one attached hydrogen (secondary N) is 1. The van der Waals surface area contributed by atoms with E-state index in [1.165, 1.54) is 29.3 Å². The Morgan fingerprint density at radius 2 is 1.83 bits per heavy atom. The van der Waals surface area contributed by atoms with Gasteiger partial charge in [0.2, 0.25) is 0 Å². The number of anilines is 2. The third-order valence-electron chi connectivity index (χ3n) is 7.63. The molecule has 0 spiro atoms. The van der Waals surface area contributed by atoms with E-state index in [9.17, 15) is 22.4 Å². The second-order valence-electron chi connectivity index (χ2n) is 10.6. The molecule has 1 fully saturated rings. The average molecular weight is 588 g/mol. The van der Waals surface area contributed by atoms with Gasteiger partial charge in [0, 0.05) is 63.5 Å². The van der Waals surface area contributed by atoms with Crippen LogP contribution in [0.1, 0.15) is 42.1 Å². The van der Waals surface area contributed by atoms with E-state index >= 15 is 0 Å². The van der Waals surface area contributed by atoms with Gasteiger partial charge >= 0.3 is 12.2 Å². The minimum Gasteiger partial charge on any atom is -0.452 e. The lowest BCUT2D eigenvalue weighted by Gasteiger charge is -2.34. The third-order valence-corrected chi connectivity index (χ3v) is 7.63. The van der Waals surface area contributed by atoms with Crippen LogP contribution in [0.15, 0.2) is 42.7 Å². The molecule has 5 rings (SSSR count). The van der Waals surface area contributed by atoms with E-state index in [1.54, 1.807) is 6.07 Å². The number of rotatable bonds is 6. The summed E-state index contributed by atoms with van der Waals surface area (Å²) >= 11 is 0. The third kappa shape index (κ3) is 6.73. The first kappa shape index (κ1) is 29.5. The minimum absolute atomic E-state index is 0.0614.